The summed E-state index contributed by atoms with van der Waals surface area (Å²) in [5.41, 5.74) is 2.31. The molecule has 5 nitrogen and oxygen atoms in total. The van der Waals surface area contributed by atoms with Crippen molar-refractivity contribution in [3.63, 3.8) is 0 Å². The summed E-state index contributed by atoms with van der Waals surface area (Å²) in [6.07, 6.45) is 0.941. The molecule has 2 heterocycles. The van der Waals surface area contributed by atoms with Gasteiger partial charge in [-0.2, -0.15) is 0 Å². The molecule has 2 aliphatic heterocycles. The summed E-state index contributed by atoms with van der Waals surface area (Å²) in [5, 5.41) is 9.71. The number of sulfone groups is 1. The van der Waals surface area contributed by atoms with Crippen molar-refractivity contribution in [2.75, 3.05) is 31.1 Å². The molecule has 0 spiro atoms. The lowest BCUT2D eigenvalue weighted by molar-refractivity contribution is 0.0411. The van der Waals surface area contributed by atoms with Crippen LogP contribution in [0, 0.1) is 0 Å². The summed E-state index contributed by atoms with van der Waals surface area (Å²) < 4.78 is 24.8. The Morgan fingerprint density at radius 2 is 1.56 bits per heavy atom. The van der Waals surface area contributed by atoms with Crippen molar-refractivity contribution >= 4 is 9.84 Å². The lowest BCUT2D eigenvalue weighted by Gasteiger charge is -2.44. The Balaban J connectivity index is 1.47. The maximum Gasteiger partial charge on any atom is 0.153 e. The van der Waals surface area contributed by atoms with Gasteiger partial charge in [-0.05, 0) is 29.7 Å². The summed E-state index contributed by atoms with van der Waals surface area (Å²) >= 11 is 0. The number of hydrogen-bond donors (Lipinski definition) is 1. The van der Waals surface area contributed by atoms with Crippen LogP contribution in [0.3, 0.4) is 0 Å². The van der Waals surface area contributed by atoms with Crippen LogP contribution < -0.4 is 0 Å². The zero-order chi connectivity index (χ0) is 18.9. The van der Waals surface area contributed by atoms with Crippen molar-refractivity contribution in [3.8, 4) is 5.75 Å². The Kier molecular flexibility index (Phi) is 5.21. The molecular weight excluding hydrogens is 360 g/mol. The second kappa shape index (κ2) is 7.62. The third-order valence-electron chi connectivity index (χ3n) is 5.73. The van der Waals surface area contributed by atoms with E-state index < -0.39 is 9.84 Å². The summed E-state index contributed by atoms with van der Waals surface area (Å²) in [5.74, 6) is 0.742. The molecule has 2 saturated heterocycles. The highest BCUT2D eigenvalue weighted by molar-refractivity contribution is 7.91. The van der Waals surface area contributed by atoms with Gasteiger partial charge in [0.25, 0.3) is 0 Å². The topological polar surface area (TPSA) is 60.9 Å². The smallest absolute Gasteiger partial charge is 0.153 e. The predicted molar refractivity (Wildman–Crippen MR) is 106 cm³/mol. The summed E-state index contributed by atoms with van der Waals surface area (Å²) in [6.45, 7) is 3.29. The molecule has 144 valence electrons. The third kappa shape index (κ3) is 4.34. The van der Waals surface area contributed by atoms with E-state index in [1.54, 1.807) is 12.1 Å². The molecular formula is C21H26N2O3S. The molecule has 2 atom stereocenters. The monoisotopic (exact) mass is 386 g/mol. The van der Waals surface area contributed by atoms with Gasteiger partial charge in [0.15, 0.2) is 9.84 Å². The van der Waals surface area contributed by atoms with Crippen LogP contribution in [-0.4, -0.2) is 66.5 Å². The average Bonchev–Trinajstić information content (AvgIpc) is 2.98. The van der Waals surface area contributed by atoms with Crippen molar-refractivity contribution in [2.24, 2.45) is 0 Å². The molecule has 6 heteroatoms. The highest BCUT2D eigenvalue weighted by Gasteiger charge is 2.46. The molecule has 2 aromatic carbocycles. The molecule has 0 unspecified atom stereocenters. The minimum atomic E-state index is -3.01. The van der Waals surface area contributed by atoms with Gasteiger partial charge >= 0.3 is 0 Å². The number of phenolic OH excluding ortho intramolecular Hbond substituents is 1. The first-order chi connectivity index (χ1) is 13.0. The van der Waals surface area contributed by atoms with Gasteiger partial charge in [0, 0.05) is 38.3 Å². The first kappa shape index (κ1) is 18.5. The van der Waals surface area contributed by atoms with Gasteiger partial charge in [-0.15, -0.1) is 0 Å². The number of hydrogen-bond acceptors (Lipinski definition) is 5. The molecule has 2 aliphatic rings. The van der Waals surface area contributed by atoms with Crippen LogP contribution in [0.2, 0.25) is 0 Å². The fraction of sp³-hybridized carbons (Fsp3) is 0.429. The van der Waals surface area contributed by atoms with Gasteiger partial charge in [0.05, 0.1) is 11.5 Å². The van der Waals surface area contributed by atoms with Crippen LogP contribution in [-0.2, 0) is 22.8 Å². The number of benzene rings is 2. The second-order valence-electron chi connectivity index (χ2n) is 7.62. The van der Waals surface area contributed by atoms with Gasteiger partial charge in [-0.1, -0.05) is 42.5 Å². The van der Waals surface area contributed by atoms with Crippen molar-refractivity contribution in [1.82, 2.24) is 9.80 Å². The maximum atomic E-state index is 12.4. The van der Waals surface area contributed by atoms with Crippen LogP contribution >= 0.6 is 0 Å². The second-order valence-corrected chi connectivity index (χ2v) is 9.78. The largest absolute Gasteiger partial charge is 0.508 e. The van der Waals surface area contributed by atoms with Crippen molar-refractivity contribution in [1.29, 1.82) is 0 Å². The summed E-state index contributed by atoms with van der Waals surface area (Å²) in [6, 6.07) is 17.7. The third-order valence-corrected chi connectivity index (χ3v) is 7.43. The fourth-order valence-corrected chi connectivity index (χ4v) is 6.42. The molecule has 0 amide bonds. The lowest BCUT2D eigenvalue weighted by Crippen LogP contribution is -2.58. The van der Waals surface area contributed by atoms with Crippen molar-refractivity contribution in [3.05, 3.63) is 65.7 Å². The van der Waals surface area contributed by atoms with E-state index in [2.05, 4.69) is 21.9 Å². The Morgan fingerprint density at radius 1 is 0.889 bits per heavy atom. The van der Waals surface area contributed by atoms with Crippen LogP contribution in [0.1, 0.15) is 11.1 Å². The van der Waals surface area contributed by atoms with Crippen molar-refractivity contribution in [2.45, 2.75) is 25.0 Å². The maximum absolute atomic E-state index is 12.4. The Morgan fingerprint density at radius 3 is 2.30 bits per heavy atom. The van der Waals surface area contributed by atoms with E-state index in [9.17, 15) is 13.5 Å². The molecule has 4 rings (SSSR count). The van der Waals surface area contributed by atoms with E-state index in [1.165, 1.54) is 5.56 Å². The van der Waals surface area contributed by atoms with Gasteiger partial charge in [0.1, 0.15) is 5.75 Å². The minimum absolute atomic E-state index is 0.0295. The number of nitrogens with zero attached hydrogens (tertiary/aromatic N) is 2. The van der Waals surface area contributed by atoms with Gasteiger partial charge < -0.3 is 5.11 Å². The van der Waals surface area contributed by atoms with E-state index in [0.717, 1.165) is 31.6 Å². The van der Waals surface area contributed by atoms with Crippen LogP contribution in [0.25, 0.3) is 0 Å². The zero-order valence-corrected chi connectivity index (χ0v) is 16.2. The normalized spacial score (nSPS) is 25.3. The Labute approximate surface area is 161 Å². The van der Waals surface area contributed by atoms with E-state index in [1.807, 2.05) is 30.3 Å². The zero-order valence-electron chi connectivity index (χ0n) is 15.4. The minimum Gasteiger partial charge on any atom is -0.508 e. The van der Waals surface area contributed by atoms with E-state index >= 15 is 0 Å². The SMILES string of the molecule is O=S1(=O)C[C@@H]2[C@H](C1)N(CCc1ccccc1)CCN2Cc1cccc(O)c1. The number of rotatable bonds is 5. The Bertz CT molecular complexity index is 885. The lowest BCUT2D eigenvalue weighted by atomic mass is 10.0. The molecule has 0 aromatic heterocycles. The van der Waals surface area contributed by atoms with E-state index in [4.69, 9.17) is 0 Å². The number of phenols is 1. The molecule has 0 bridgehead atoms. The quantitative estimate of drug-likeness (QED) is 0.851. The standard InChI is InChI=1S/C21H26N2O3S/c24-19-8-4-7-18(13-19)14-23-12-11-22(10-9-17-5-2-1-3-6-17)20-15-27(25,26)16-21(20)23/h1-8,13,20-21,24H,9-12,14-16H2/t20-,21+/m0/s1. The number of fused-ring (bicyclic) bond motifs is 1. The van der Waals surface area contributed by atoms with Crippen LogP contribution in [0.4, 0.5) is 0 Å². The van der Waals surface area contributed by atoms with Crippen LogP contribution in [0.5, 0.6) is 5.75 Å². The predicted octanol–water partition coefficient (Wildman–Crippen LogP) is 1.92. The molecule has 1 N–H and O–H groups in total. The van der Waals surface area contributed by atoms with Crippen LogP contribution in [0.15, 0.2) is 54.6 Å². The molecule has 2 fully saturated rings. The van der Waals surface area contributed by atoms with Gasteiger partial charge in [-0.3, -0.25) is 9.80 Å². The average molecular weight is 387 g/mol. The number of aromatic hydroxyl groups is 1. The molecule has 0 saturated carbocycles. The fourth-order valence-electron chi connectivity index (χ4n) is 4.38. The summed E-state index contributed by atoms with van der Waals surface area (Å²) in [4.78, 5) is 4.64. The molecule has 0 aliphatic carbocycles. The Hall–Kier alpha value is -1.89. The highest BCUT2D eigenvalue weighted by Crippen LogP contribution is 2.28. The molecule has 27 heavy (non-hydrogen) atoms. The summed E-state index contributed by atoms with van der Waals surface area (Å²) in [7, 11) is -3.01. The first-order valence-corrected chi connectivity index (χ1v) is 11.3. The first-order valence-electron chi connectivity index (χ1n) is 9.50. The van der Waals surface area contributed by atoms with Crippen molar-refractivity contribution < 1.29 is 13.5 Å². The molecule has 0 radical (unpaired) electrons. The molecule has 2 aromatic rings. The van der Waals surface area contributed by atoms with E-state index in [0.29, 0.717) is 6.54 Å². The van der Waals surface area contributed by atoms with E-state index in [-0.39, 0.29) is 29.3 Å². The van der Waals surface area contributed by atoms with Gasteiger partial charge in [0.2, 0.25) is 0 Å². The highest BCUT2D eigenvalue weighted by atomic mass is 32.2. The number of piperazine rings is 1. The van der Waals surface area contributed by atoms with Gasteiger partial charge in [-0.25, -0.2) is 8.42 Å².